The first kappa shape index (κ1) is 23.7. The lowest BCUT2D eigenvalue weighted by Gasteiger charge is -2.21. The fourth-order valence-electron chi connectivity index (χ4n) is 4.25. The summed E-state index contributed by atoms with van der Waals surface area (Å²) in [5, 5.41) is 8.46. The average molecular weight is 481 g/mol. The highest BCUT2D eigenvalue weighted by Gasteiger charge is 2.18. The number of likely N-dealkylation sites (N-methyl/N-ethyl adjacent to an activating group) is 1. The molecule has 2 radical (unpaired) electrons. The molecule has 0 unspecified atom stereocenters. The van der Waals surface area contributed by atoms with Crippen LogP contribution in [0.2, 0.25) is 0 Å². The zero-order valence-corrected chi connectivity index (χ0v) is 20.5. The van der Waals surface area contributed by atoms with Gasteiger partial charge in [-0.25, -0.2) is 14.4 Å². The lowest BCUT2D eigenvalue weighted by atomic mass is 10.0. The molecule has 0 aliphatic heterocycles. The maximum absolute atomic E-state index is 15.4. The molecule has 0 spiro atoms. The summed E-state index contributed by atoms with van der Waals surface area (Å²) >= 11 is 0. The fraction of sp³-hybridized carbons (Fsp3) is 0.231. The number of rotatable bonds is 7. The van der Waals surface area contributed by atoms with Gasteiger partial charge >= 0.3 is 0 Å². The summed E-state index contributed by atoms with van der Waals surface area (Å²) < 4.78 is 23.5. The molecule has 1 atom stereocenters. The van der Waals surface area contributed by atoms with Gasteiger partial charge in [0.15, 0.2) is 5.82 Å². The van der Waals surface area contributed by atoms with Gasteiger partial charge in [0.2, 0.25) is 0 Å². The van der Waals surface area contributed by atoms with Crippen LogP contribution in [-0.2, 0) is 7.05 Å². The zero-order valence-electron chi connectivity index (χ0n) is 20.5. The van der Waals surface area contributed by atoms with E-state index in [2.05, 4.69) is 30.3 Å². The van der Waals surface area contributed by atoms with Crippen LogP contribution < -0.4 is 15.6 Å². The number of aromatic nitrogens is 5. The third-order valence-electron chi connectivity index (χ3n) is 5.77. The molecule has 0 amide bonds. The van der Waals surface area contributed by atoms with Crippen LogP contribution in [0.15, 0.2) is 55.1 Å². The largest absolute Gasteiger partial charge is 0.489 e. The van der Waals surface area contributed by atoms with Gasteiger partial charge in [-0.05, 0) is 62.5 Å². The molecule has 10 heteroatoms. The second-order valence-electron chi connectivity index (χ2n) is 9.04. The van der Waals surface area contributed by atoms with E-state index in [-0.39, 0.29) is 11.8 Å². The van der Waals surface area contributed by atoms with E-state index in [1.165, 1.54) is 6.33 Å². The zero-order chi connectivity index (χ0) is 25.4. The third kappa shape index (κ3) is 4.72. The van der Waals surface area contributed by atoms with Crippen LogP contribution >= 0.6 is 0 Å². The fourth-order valence-corrected chi connectivity index (χ4v) is 4.25. The van der Waals surface area contributed by atoms with Crippen LogP contribution in [0, 0.1) is 5.82 Å². The average Bonchev–Trinajstić information content (AvgIpc) is 3.26. The summed E-state index contributed by atoms with van der Waals surface area (Å²) in [7, 11) is 11.6. The predicted molar refractivity (Wildman–Crippen MR) is 141 cm³/mol. The van der Waals surface area contributed by atoms with Crippen LogP contribution in [0.3, 0.4) is 0 Å². The van der Waals surface area contributed by atoms with Crippen molar-refractivity contribution in [2.75, 3.05) is 26.0 Å². The van der Waals surface area contributed by atoms with Crippen LogP contribution in [0.1, 0.15) is 6.92 Å². The van der Waals surface area contributed by atoms with E-state index in [0.29, 0.717) is 45.5 Å². The van der Waals surface area contributed by atoms with E-state index in [1.54, 1.807) is 35.1 Å². The van der Waals surface area contributed by atoms with Gasteiger partial charge in [0.25, 0.3) is 0 Å². The molecule has 2 aromatic carbocycles. The maximum atomic E-state index is 15.4. The first-order valence-electron chi connectivity index (χ1n) is 11.5. The highest BCUT2D eigenvalue weighted by atomic mass is 19.1. The molecule has 0 saturated heterocycles. The number of pyridine rings is 1. The molecule has 8 nitrogen and oxygen atoms in total. The van der Waals surface area contributed by atoms with Gasteiger partial charge in [0.05, 0.1) is 28.3 Å². The monoisotopic (exact) mass is 481 g/mol. The summed E-state index contributed by atoms with van der Waals surface area (Å²) in [5.41, 5.74) is 3.59. The van der Waals surface area contributed by atoms with Crippen molar-refractivity contribution in [1.29, 1.82) is 0 Å². The van der Waals surface area contributed by atoms with Crippen molar-refractivity contribution in [2.45, 2.75) is 13.0 Å². The minimum absolute atomic E-state index is 0.116. The number of fused-ring (bicyclic) bond motifs is 2. The smallest absolute Gasteiger partial charge is 0.156 e. The molecule has 0 bridgehead atoms. The van der Waals surface area contributed by atoms with Crippen LogP contribution in [0.4, 0.5) is 15.9 Å². The van der Waals surface area contributed by atoms with E-state index in [9.17, 15) is 0 Å². The molecular weight excluding hydrogens is 456 g/mol. The molecule has 5 rings (SSSR count). The van der Waals surface area contributed by atoms with Crippen molar-refractivity contribution in [3.05, 3.63) is 60.9 Å². The van der Waals surface area contributed by atoms with Crippen LogP contribution in [0.5, 0.6) is 5.75 Å². The molecule has 180 valence electrons. The SMILES string of the molecule is [B]c1ccc2c(F)c(Nc3ncnc4cc(-c5cnn(C)c5)cc(O[C@H](C)CN(C)C)c34)ccc2n1. The van der Waals surface area contributed by atoms with E-state index >= 15 is 4.39 Å². The second kappa shape index (κ2) is 9.54. The highest BCUT2D eigenvalue weighted by Crippen LogP contribution is 2.37. The van der Waals surface area contributed by atoms with Crippen molar-refractivity contribution in [3.8, 4) is 16.9 Å². The number of halogens is 1. The molecular formula is C26H25BFN7O. The van der Waals surface area contributed by atoms with Crippen molar-refractivity contribution >= 4 is 46.8 Å². The number of aryl methyl sites for hydroxylation is 1. The Hall–Kier alpha value is -4.05. The summed E-state index contributed by atoms with van der Waals surface area (Å²) in [6.07, 6.45) is 5.06. The van der Waals surface area contributed by atoms with E-state index in [0.717, 1.165) is 11.1 Å². The van der Waals surface area contributed by atoms with Crippen molar-refractivity contribution < 1.29 is 9.13 Å². The number of benzene rings is 2. The van der Waals surface area contributed by atoms with Crippen molar-refractivity contribution in [2.24, 2.45) is 7.05 Å². The Kier molecular flexibility index (Phi) is 6.28. The molecule has 36 heavy (non-hydrogen) atoms. The minimum Gasteiger partial charge on any atom is -0.489 e. The minimum atomic E-state index is -0.442. The number of hydrogen-bond donors (Lipinski definition) is 1. The van der Waals surface area contributed by atoms with Gasteiger partial charge in [0.1, 0.15) is 31.8 Å². The Labute approximate surface area is 209 Å². The maximum Gasteiger partial charge on any atom is 0.156 e. The third-order valence-corrected chi connectivity index (χ3v) is 5.77. The van der Waals surface area contributed by atoms with Crippen LogP contribution in [0.25, 0.3) is 32.9 Å². The van der Waals surface area contributed by atoms with Crippen molar-refractivity contribution in [1.82, 2.24) is 29.6 Å². The number of hydrogen-bond acceptors (Lipinski definition) is 7. The number of nitrogens with zero attached hydrogens (tertiary/aromatic N) is 6. The molecule has 0 aliphatic carbocycles. The number of nitrogens with one attached hydrogen (secondary N) is 1. The van der Waals surface area contributed by atoms with Gasteiger partial charge in [0, 0.05) is 30.7 Å². The molecule has 1 N–H and O–H groups in total. The predicted octanol–water partition coefficient (Wildman–Crippen LogP) is 3.58. The van der Waals surface area contributed by atoms with E-state index in [1.807, 2.05) is 46.4 Å². The van der Waals surface area contributed by atoms with Gasteiger partial charge in [-0.3, -0.25) is 9.67 Å². The first-order chi connectivity index (χ1) is 17.3. The summed E-state index contributed by atoms with van der Waals surface area (Å²) in [4.78, 5) is 15.2. The second-order valence-corrected chi connectivity index (χ2v) is 9.04. The van der Waals surface area contributed by atoms with Gasteiger partial charge in [-0.1, -0.05) is 6.07 Å². The molecule has 0 fully saturated rings. The quantitative estimate of drug-likeness (QED) is 0.356. The number of anilines is 2. The standard InChI is InChI=1S/C26H25BFN7O/c1-15(12-34(2)3)36-22-10-16(17-11-31-35(4)13-17)9-21-24(22)26(30-14-29-21)33-20-7-6-19-18(25(20)28)5-8-23(27)32-19/h5-11,13-15H,12H2,1-4H3,(H,29,30,33)/t15-/m1/s1. The Morgan fingerprint density at radius 3 is 2.69 bits per heavy atom. The topological polar surface area (TPSA) is 81.0 Å². The van der Waals surface area contributed by atoms with Gasteiger partial charge in [-0.2, -0.15) is 5.10 Å². The molecule has 5 aromatic rings. The molecule has 0 aliphatic rings. The molecule has 3 heterocycles. The Balaban J connectivity index is 1.63. The Morgan fingerprint density at radius 1 is 1.11 bits per heavy atom. The summed E-state index contributed by atoms with van der Waals surface area (Å²) in [6, 6.07) is 10.4. The summed E-state index contributed by atoms with van der Waals surface area (Å²) in [6.45, 7) is 2.71. The van der Waals surface area contributed by atoms with Crippen LogP contribution in [-0.4, -0.2) is 64.2 Å². The lowest BCUT2D eigenvalue weighted by molar-refractivity contribution is 0.179. The van der Waals surface area contributed by atoms with E-state index < -0.39 is 5.82 Å². The normalized spacial score (nSPS) is 12.4. The Bertz CT molecular complexity index is 1570. The summed E-state index contributed by atoms with van der Waals surface area (Å²) in [5.74, 6) is 0.591. The van der Waals surface area contributed by atoms with Gasteiger partial charge < -0.3 is 15.0 Å². The first-order valence-corrected chi connectivity index (χ1v) is 11.5. The number of ether oxygens (including phenoxy) is 1. The highest BCUT2D eigenvalue weighted by molar-refractivity contribution is 6.31. The van der Waals surface area contributed by atoms with E-state index in [4.69, 9.17) is 12.6 Å². The van der Waals surface area contributed by atoms with Gasteiger partial charge in [-0.15, -0.1) is 0 Å². The molecule has 3 aromatic heterocycles. The Morgan fingerprint density at radius 2 is 1.94 bits per heavy atom. The molecule has 0 saturated carbocycles. The lowest BCUT2D eigenvalue weighted by Crippen LogP contribution is -2.28. The van der Waals surface area contributed by atoms with Crippen molar-refractivity contribution in [3.63, 3.8) is 0 Å².